The molecule has 0 aliphatic heterocycles. The van der Waals surface area contributed by atoms with Gasteiger partial charge in [0.1, 0.15) is 12.8 Å². The van der Waals surface area contributed by atoms with Crippen molar-refractivity contribution in [1.29, 1.82) is 0 Å². The number of carbonyl (C=O) groups excluding carboxylic acids is 1. The molecule has 104 valence electrons. The molecule has 5 heteroatoms. The van der Waals surface area contributed by atoms with Gasteiger partial charge in [-0.25, -0.2) is 0 Å². The minimum absolute atomic E-state index is 0.233. The summed E-state index contributed by atoms with van der Waals surface area (Å²) in [6.07, 6.45) is 1.99. The third kappa shape index (κ3) is 2.15. The molecule has 1 aliphatic carbocycles. The minimum Gasteiger partial charge on any atom is -0.413 e. The van der Waals surface area contributed by atoms with E-state index in [4.69, 9.17) is 4.84 Å². The van der Waals surface area contributed by atoms with E-state index < -0.39 is 0 Å². The van der Waals surface area contributed by atoms with Gasteiger partial charge in [0.25, 0.3) is 11.5 Å². The van der Waals surface area contributed by atoms with Crippen LogP contribution in [0.1, 0.15) is 28.9 Å². The first-order valence-corrected chi connectivity index (χ1v) is 6.62. The zero-order valence-electron chi connectivity index (χ0n) is 11.5. The standard InChI is InChI=1S/C15H16N2O3/c1-9-3-4-10-8-13(14(18)16-11-5-6-11)17(20-2)15(19)12(10)7-9/h3-4,7-8,11H,5-6H2,1-2H3,(H,16,18). The van der Waals surface area contributed by atoms with Crippen LogP contribution in [0.25, 0.3) is 10.8 Å². The van der Waals surface area contributed by atoms with Crippen molar-refractivity contribution in [2.75, 3.05) is 7.11 Å². The first-order valence-electron chi connectivity index (χ1n) is 6.62. The summed E-state index contributed by atoms with van der Waals surface area (Å²) in [5, 5.41) is 4.17. The Bertz CT molecular complexity index is 745. The van der Waals surface area contributed by atoms with E-state index >= 15 is 0 Å². The van der Waals surface area contributed by atoms with E-state index in [0.29, 0.717) is 5.39 Å². The first kappa shape index (κ1) is 12.7. The highest BCUT2D eigenvalue weighted by molar-refractivity contribution is 5.97. The maximum Gasteiger partial charge on any atom is 0.291 e. The number of amides is 1. The average Bonchev–Trinajstić information content (AvgIpc) is 3.23. The van der Waals surface area contributed by atoms with Gasteiger partial charge < -0.3 is 10.2 Å². The van der Waals surface area contributed by atoms with Gasteiger partial charge in [0.15, 0.2) is 0 Å². The summed E-state index contributed by atoms with van der Waals surface area (Å²) in [6, 6.07) is 7.49. The fourth-order valence-electron chi connectivity index (χ4n) is 2.23. The van der Waals surface area contributed by atoms with E-state index in [2.05, 4.69) is 5.32 Å². The number of nitrogens with one attached hydrogen (secondary N) is 1. The molecule has 20 heavy (non-hydrogen) atoms. The predicted molar refractivity (Wildman–Crippen MR) is 75.9 cm³/mol. The fourth-order valence-corrected chi connectivity index (χ4v) is 2.23. The predicted octanol–water partition coefficient (Wildman–Crippen LogP) is 1.26. The molecule has 3 rings (SSSR count). The van der Waals surface area contributed by atoms with Crippen LogP contribution in [0.5, 0.6) is 0 Å². The number of pyridine rings is 1. The minimum atomic E-state index is -0.311. The smallest absolute Gasteiger partial charge is 0.291 e. The molecule has 1 aliphatic rings. The van der Waals surface area contributed by atoms with E-state index in [1.807, 2.05) is 19.1 Å². The van der Waals surface area contributed by atoms with Gasteiger partial charge in [-0.3, -0.25) is 9.59 Å². The number of aromatic nitrogens is 1. The number of benzene rings is 1. The van der Waals surface area contributed by atoms with Crippen LogP contribution in [0, 0.1) is 6.92 Å². The Morgan fingerprint density at radius 3 is 2.75 bits per heavy atom. The van der Waals surface area contributed by atoms with Crippen LogP contribution < -0.4 is 15.7 Å². The van der Waals surface area contributed by atoms with Crippen molar-refractivity contribution < 1.29 is 9.63 Å². The molecule has 1 aromatic heterocycles. The van der Waals surface area contributed by atoms with Crippen LogP contribution in [0.3, 0.4) is 0 Å². The number of aryl methyl sites for hydroxylation is 1. The van der Waals surface area contributed by atoms with Crippen molar-refractivity contribution >= 4 is 16.7 Å². The molecule has 0 radical (unpaired) electrons. The van der Waals surface area contributed by atoms with Crippen molar-refractivity contribution in [1.82, 2.24) is 10.0 Å². The second-order valence-electron chi connectivity index (χ2n) is 5.15. The molecule has 0 saturated heterocycles. The molecule has 1 fully saturated rings. The molecule has 1 amide bonds. The van der Waals surface area contributed by atoms with Crippen LogP contribution >= 0.6 is 0 Å². The van der Waals surface area contributed by atoms with Gasteiger partial charge in [0, 0.05) is 6.04 Å². The Hall–Kier alpha value is -2.30. The van der Waals surface area contributed by atoms with Crippen LogP contribution in [-0.2, 0) is 0 Å². The monoisotopic (exact) mass is 272 g/mol. The van der Waals surface area contributed by atoms with E-state index in [9.17, 15) is 9.59 Å². The van der Waals surface area contributed by atoms with E-state index in [1.165, 1.54) is 7.11 Å². The highest BCUT2D eigenvalue weighted by atomic mass is 16.6. The lowest BCUT2D eigenvalue weighted by Crippen LogP contribution is -2.35. The summed E-state index contributed by atoms with van der Waals surface area (Å²) >= 11 is 0. The van der Waals surface area contributed by atoms with Crippen LogP contribution in [-0.4, -0.2) is 23.8 Å². The third-order valence-electron chi connectivity index (χ3n) is 3.46. The summed E-state index contributed by atoms with van der Waals surface area (Å²) in [7, 11) is 1.39. The van der Waals surface area contributed by atoms with Gasteiger partial charge in [-0.05, 0) is 37.3 Å². The van der Waals surface area contributed by atoms with Crippen LogP contribution in [0.2, 0.25) is 0 Å². The van der Waals surface area contributed by atoms with Crippen molar-refractivity contribution in [3.05, 3.63) is 45.9 Å². The van der Waals surface area contributed by atoms with Crippen molar-refractivity contribution in [3.63, 3.8) is 0 Å². The Kier molecular flexibility index (Phi) is 2.97. The molecule has 1 saturated carbocycles. The van der Waals surface area contributed by atoms with E-state index in [0.717, 1.165) is 28.5 Å². The number of hydrogen-bond donors (Lipinski definition) is 1. The van der Waals surface area contributed by atoms with Crippen LogP contribution in [0.15, 0.2) is 29.1 Å². The molecule has 1 N–H and O–H groups in total. The van der Waals surface area contributed by atoms with Gasteiger partial charge in [-0.1, -0.05) is 17.7 Å². The zero-order valence-corrected chi connectivity index (χ0v) is 11.5. The summed E-state index contributed by atoms with van der Waals surface area (Å²) in [6.45, 7) is 1.92. The molecule has 1 heterocycles. The number of rotatable bonds is 3. The van der Waals surface area contributed by atoms with Crippen LogP contribution in [0.4, 0.5) is 0 Å². The quantitative estimate of drug-likeness (QED) is 0.915. The fraction of sp³-hybridized carbons (Fsp3) is 0.333. The molecular formula is C15H16N2O3. The maximum atomic E-state index is 12.4. The van der Waals surface area contributed by atoms with Gasteiger partial charge in [0.2, 0.25) is 0 Å². The second-order valence-corrected chi connectivity index (χ2v) is 5.15. The summed E-state index contributed by atoms with van der Waals surface area (Å²) < 4.78 is 1.06. The average molecular weight is 272 g/mol. The lowest BCUT2D eigenvalue weighted by Gasteiger charge is -2.12. The third-order valence-corrected chi connectivity index (χ3v) is 3.46. The Labute approximate surface area is 116 Å². The normalized spacial score (nSPS) is 14.3. The zero-order chi connectivity index (χ0) is 14.3. The Morgan fingerprint density at radius 2 is 2.10 bits per heavy atom. The summed E-state index contributed by atoms with van der Waals surface area (Å²) in [4.78, 5) is 29.7. The van der Waals surface area contributed by atoms with Gasteiger partial charge in [-0.15, -0.1) is 4.73 Å². The molecule has 2 aromatic rings. The van der Waals surface area contributed by atoms with Gasteiger partial charge in [-0.2, -0.15) is 0 Å². The molecule has 0 spiro atoms. The Balaban J connectivity index is 2.17. The number of carbonyl (C=O) groups is 1. The molecule has 1 aromatic carbocycles. The summed E-state index contributed by atoms with van der Waals surface area (Å²) in [5.74, 6) is -0.270. The van der Waals surface area contributed by atoms with Crippen molar-refractivity contribution in [2.24, 2.45) is 0 Å². The number of nitrogens with zero attached hydrogens (tertiary/aromatic N) is 1. The lowest BCUT2D eigenvalue weighted by molar-refractivity contribution is 0.0882. The number of hydrogen-bond acceptors (Lipinski definition) is 3. The molecule has 5 nitrogen and oxygen atoms in total. The molecule has 0 bridgehead atoms. The highest BCUT2D eigenvalue weighted by Crippen LogP contribution is 2.20. The molecule has 0 unspecified atom stereocenters. The second kappa shape index (κ2) is 4.67. The SMILES string of the molecule is COn1c(C(=O)NC2CC2)cc2ccc(C)cc2c1=O. The topological polar surface area (TPSA) is 60.3 Å². The first-order chi connectivity index (χ1) is 9.60. The highest BCUT2D eigenvalue weighted by Gasteiger charge is 2.26. The lowest BCUT2D eigenvalue weighted by atomic mass is 10.1. The van der Waals surface area contributed by atoms with Crippen molar-refractivity contribution in [3.8, 4) is 0 Å². The van der Waals surface area contributed by atoms with E-state index in [-0.39, 0.29) is 23.2 Å². The molecule has 0 atom stereocenters. The van der Waals surface area contributed by atoms with Gasteiger partial charge in [0.05, 0.1) is 5.39 Å². The van der Waals surface area contributed by atoms with Crippen molar-refractivity contribution in [2.45, 2.75) is 25.8 Å². The summed E-state index contributed by atoms with van der Waals surface area (Å²) in [5.41, 5.74) is 0.919. The number of fused-ring (bicyclic) bond motifs is 1. The Morgan fingerprint density at radius 1 is 1.35 bits per heavy atom. The van der Waals surface area contributed by atoms with Gasteiger partial charge >= 0.3 is 0 Å². The maximum absolute atomic E-state index is 12.4. The largest absolute Gasteiger partial charge is 0.413 e. The van der Waals surface area contributed by atoms with E-state index in [1.54, 1.807) is 12.1 Å². The molecular weight excluding hydrogens is 256 g/mol.